The van der Waals surface area contributed by atoms with Gasteiger partial charge in [-0.1, -0.05) is 0 Å². The van der Waals surface area contributed by atoms with Crippen molar-refractivity contribution in [3.8, 4) is 0 Å². The highest BCUT2D eigenvalue weighted by atomic mass is 19.1. The molecule has 1 aliphatic heterocycles. The highest BCUT2D eigenvalue weighted by Gasteiger charge is 2.20. The summed E-state index contributed by atoms with van der Waals surface area (Å²) in [5.41, 5.74) is 0.526. The zero-order valence-corrected chi connectivity index (χ0v) is 10.3. The van der Waals surface area contributed by atoms with Crippen molar-refractivity contribution in [2.45, 2.75) is 12.5 Å². The van der Waals surface area contributed by atoms with Crippen LogP contribution in [0.4, 0.5) is 4.39 Å². The van der Waals surface area contributed by atoms with Gasteiger partial charge in [-0.3, -0.25) is 4.79 Å². The Labute approximate surface area is 109 Å². The molecule has 1 aromatic heterocycles. The molecular formula is C14H14FNO3. The topological polar surface area (TPSA) is 51.5 Å². The molecule has 4 nitrogen and oxygen atoms in total. The van der Waals surface area contributed by atoms with Gasteiger partial charge >= 0.3 is 0 Å². The summed E-state index contributed by atoms with van der Waals surface area (Å²) in [6.07, 6.45) is 0.322. The zero-order chi connectivity index (χ0) is 13.2. The van der Waals surface area contributed by atoms with E-state index in [9.17, 15) is 9.18 Å². The van der Waals surface area contributed by atoms with Gasteiger partial charge in [0.2, 0.25) is 0 Å². The summed E-state index contributed by atoms with van der Waals surface area (Å²) < 4.78 is 23.8. The Bertz CT molecular complexity index is 602. The number of halogens is 1. The lowest BCUT2D eigenvalue weighted by atomic mass is 10.1. The van der Waals surface area contributed by atoms with E-state index in [0.717, 1.165) is 6.54 Å². The van der Waals surface area contributed by atoms with E-state index in [2.05, 4.69) is 5.32 Å². The van der Waals surface area contributed by atoms with Crippen LogP contribution in [0.5, 0.6) is 0 Å². The average molecular weight is 263 g/mol. The Kier molecular flexibility index (Phi) is 3.31. The molecule has 0 radical (unpaired) electrons. The Hall–Kier alpha value is -1.72. The summed E-state index contributed by atoms with van der Waals surface area (Å²) in [6.45, 7) is 1.96. The molecule has 100 valence electrons. The van der Waals surface area contributed by atoms with Crippen molar-refractivity contribution < 1.29 is 18.3 Å². The van der Waals surface area contributed by atoms with E-state index in [1.165, 1.54) is 18.2 Å². The van der Waals surface area contributed by atoms with Crippen LogP contribution in [0.3, 0.4) is 0 Å². The van der Waals surface area contributed by atoms with E-state index >= 15 is 0 Å². The predicted molar refractivity (Wildman–Crippen MR) is 67.7 cm³/mol. The summed E-state index contributed by atoms with van der Waals surface area (Å²) in [5, 5.41) is 3.82. The average Bonchev–Trinajstić information content (AvgIpc) is 2.83. The molecule has 1 N–H and O–H groups in total. The fraction of sp³-hybridized carbons (Fsp3) is 0.357. The van der Waals surface area contributed by atoms with Crippen molar-refractivity contribution in [3.63, 3.8) is 0 Å². The number of ketones is 1. The number of furan rings is 1. The van der Waals surface area contributed by atoms with Crippen molar-refractivity contribution in [1.82, 2.24) is 5.32 Å². The van der Waals surface area contributed by atoms with Gasteiger partial charge in [0.15, 0.2) is 11.5 Å². The molecule has 1 atom stereocenters. The van der Waals surface area contributed by atoms with Crippen LogP contribution < -0.4 is 5.32 Å². The quantitative estimate of drug-likeness (QED) is 0.862. The van der Waals surface area contributed by atoms with Crippen LogP contribution in [0.15, 0.2) is 28.7 Å². The van der Waals surface area contributed by atoms with Crippen LogP contribution in [0.1, 0.15) is 17.0 Å². The predicted octanol–water partition coefficient (Wildman–Crippen LogP) is 2.13. The van der Waals surface area contributed by atoms with Gasteiger partial charge in [0.1, 0.15) is 11.4 Å². The second-order valence-electron chi connectivity index (χ2n) is 4.65. The van der Waals surface area contributed by atoms with E-state index in [0.29, 0.717) is 30.6 Å². The van der Waals surface area contributed by atoms with Gasteiger partial charge < -0.3 is 14.5 Å². The summed E-state index contributed by atoms with van der Waals surface area (Å²) in [6, 6.07) is 5.81. The van der Waals surface area contributed by atoms with Gasteiger partial charge in [-0.05, 0) is 24.3 Å². The zero-order valence-electron chi connectivity index (χ0n) is 10.3. The third kappa shape index (κ3) is 2.67. The Balaban J connectivity index is 1.77. The highest BCUT2D eigenvalue weighted by molar-refractivity contribution is 5.97. The molecule has 2 aromatic rings. The normalized spacial score (nSPS) is 19.7. The third-order valence-electron chi connectivity index (χ3n) is 3.18. The largest absolute Gasteiger partial charge is 0.453 e. The first kappa shape index (κ1) is 12.3. The molecule has 1 fully saturated rings. The van der Waals surface area contributed by atoms with Gasteiger partial charge in [0.25, 0.3) is 0 Å². The van der Waals surface area contributed by atoms with Gasteiger partial charge in [0, 0.05) is 24.4 Å². The van der Waals surface area contributed by atoms with E-state index in [4.69, 9.17) is 9.15 Å². The number of carbonyl (C=O) groups is 1. The minimum absolute atomic E-state index is 0.0196. The molecular weight excluding hydrogens is 249 g/mol. The molecule has 0 saturated carbocycles. The molecule has 2 heterocycles. The van der Waals surface area contributed by atoms with Gasteiger partial charge in [0.05, 0.1) is 13.2 Å². The third-order valence-corrected chi connectivity index (χ3v) is 3.18. The number of rotatable bonds is 3. The fourth-order valence-electron chi connectivity index (χ4n) is 2.23. The van der Waals surface area contributed by atoms with Gasteiger partial charge in [-0.15, -0.1) is 0 Å². The Morgan fingerprint density at radius 1 is 1.42 bits per heavy atom. The molecule has 1 aromatic carbocycles. The highest BCUT2D eigenvalue weighted by Crippen LogP contribution is 2.21. The minimum Gasteiger partial charge on any atom is -0.453 e. The summed E-state index contributed by atoms with van der Waals surface area (Å²) in [5.74, 6) is -0.165. The van der Waals surface area contributed by atoms with Crippen LogP contribution >= 0.6 is 0 Å². The number of fused-ring (bicyclic) bond motifs is 1. The molecule has 5 heteroatoms. The van der Waals surface area contributed by atoms with E-state index in [-0.39, 0.29) is 23.4 Å². The molecule has 0 amide bonds. The van der Waals surface area contributed by atoms with Crippen molar-refractivity contribution >= 4 is 16.8 Å². The van der Waals surface area contributed by atoms with E-state index in [1.54, 1.807) is 6.07 Å². The first-order valence-corrected chi connectivity index (χ1v) is 6.26. The molecule has 19 heavy (non-hydrogen) atoms. The Morgan fingerprint density at radius 2 is 2.32 bits per heavy atom. The SMILES string of the molecule is O=C(CC1COCCN1)c1cc2cc(F)ccc2o1. The minimum atomic E-state index is -0.338. The summed E-state index contributed by atoms with van der Waals surface area (Å²) in [7, 11) is 0. The summed E-state index contributed by atoms with van der Waals surface area (Å²) in [4.78, 5) is 12.1. The molecule has 1 unspecified atom stereocenters. The lowest BCUT2D eigenvalue weighted by molar-refractivity contribution is 0.0666. The second kappa shape index (κ2) is 5.11. The molecule has 1 aliphatic rings. The van der Waals surface area contributed by atoms with Crippen LogP contribution in [-0.2, 0) is 4.74 Å². The van der Waals surface area contributed by atoms with Crippen LogP contribution in [0, 0.1) is 5.82 Å². The standard InChI is InChI=1S/C14H14FNO3/c15-10-1-2-13-9(5-10)6-14(19-13)12(17)7-11-8-18-4-3-16-11/h1-2,5-6,11,16H,3-4,7-8H2. The monoisotopic (exact) mass is 263 g/mol. The molecule has 0 spiro atoms. The van der Waals surface area contributed by atoms with Gasteiger partial charge in [-0.2, -0.15) is 0 Å². The summed E-state index contributed by atoms with van der Waals surface area (Å²) >= 11 is 0. The van der Waals surface area contributed by atoms with E-state index < -0.39 is 0 Å². The maximum Gasteiger partial charge on any atom is 0.199 e. The number of nitrogens with one attached hydrogen (secondary N) is 1. The van der Waals surface area contributed by atoms with Crippen molar-refractivity contribution in [1.29, 1.82) is 0 Å². The number of morpholine rings is 1. The lowest BCUT2D eigenvalue weighted by Gasteiger charge is -2.22. The number of carbonyl (C=O) groups excluding carboxylic acids is 1. The van der Waals surface area contributed by atoms with Crippen molar-refractivity contribution in [3.05, 3.63) is 35.8 Å². The van der Waals surface area contributed by atoms with Crippen molar-refractivity contribution in [2.24, 2.45) is 0 Å². The van der Waals surface area contributed by atoms with E-state index in [1.807, 2.05) is 0 Å². The van der Waals surface area contributed by atoms with Gasteiger partial charge in [-0.25, -0.2) is 4.39 Å². The maximum absolute atomic E-state index is 13.1. The molecule has 0 bridgehead atoms. The molecule has 1 saturated heterocycles. The number of Topliss-reactive ketones (excluding diaryl/α,β-unsaturated/α-hetero) is 1. The Morgan fingerprint density at radius 3 is 3.11 bits per heavy atom. The molecule has 0 aliphatic carbocycles. The first-order valence-electron chi connectivity index (χ1n) is 6.26. The van der Waals surface area contributed by atoms with Crippen LogP contribution in [0.25, 0.3) is 11.0 Å². The molecule has 3 rings (SSSR count). The van der Waals surface area contributed by atoms with Crippen LogP contribution in [-0.4, -0.2) is 31.6 Å². The lowest BCUT2D eigenvalue weighted by Crippen LogP contribution is -2.42. The first-order chi connectivity index (χ1) is 9.22. The number of hydrogen-bond acceptors (Lipinski definition) is 4. The number of hydrogen-bond donors (Lipinski definition) is 1. The van der Waals surface area contributed by atoms with Crippen LogP contribution in [0.2, 0.25) is 0 Å². The second-order valence-corrected chi connectivity index (χ2v) is 4.65. The number of benzene rings is 1. The fourth-order valence-corrected chi connectivity index (χ4v) is 2.23. The maximum atomic E-state index is 13.1. The van der Waals surface area contributed by atoms with Crippen molar-refractivity contribution in [2.75, 3.05) is 19.8 Å². The number of ether oxygens (including phenoxy) is 1. The smallest absolute Gasteiger partial charge is 0.199 e.